The van der Waals surface area contributed by atoms with E-state index in [0.717, 1.165) is 5.56 Å². The van der Waals surface area contributed by atoms with Gasteiger partial charge in [-0.25, -0.2) is 9.78 Å². The summed E-state index contributed by atoms with van der Waals surface area (Å²) in [5, 5.41) is 0. The number of nitrogens with zero attached hydrogens (tertiary/aromatic N) is 4. The maximum atomic E-state index is 12.1. The molecule has 0 bridgehead atoms. The van der Waals surface area contributed by atoms with Crippen molar-refractivity contribution in [3.8, 4) is 0 Å². The summed E-state index contributed by atoms with van der Waals surface area (Å²) in [7, 11) is 0. The zero-order valence-corrected chi connectivity index (χ0v) is 9.65. The lowest BCUT2D eigenvalue weighted by molar-refractivity contribution is 0.200. The molecule has 2 rings (SSSR count). The summed E-state index contributed by atoms with van der Waals surface area (Å²) >= 11 is 0. The lowest BCUT2D eigenvalue weighted by Gasteiger charge is -2.20. The van der Waals surface area contributed by atoms with Crippen LogP contribution in [-0.4, -0.2) is 32.0 Å². The molecule has 2 heterocycles. The molecule has 0 fully saturated rings. The van der Waals surface area contributed by atoms with E-state index in [-0.39, 0.29) is 6.03 Å². The number of amides is 1. The van der Waals surface area contributed by atoms with E-state index in [0.29, 0.717) is 13.1 Å². The Morgan fingerprint density at radius 1 is 1.29 bits per heavy atom. The summed E-state index contributed by atoms with van der Waals surface area (Å²) in [6.45, 7) is 3.19. The molecule has 0 spiro atoms. The Labute approximate surface area is 99.7 Å². The van der Waals surface area contributed by atoms with Gasteiger partial charge in [0.15, 0.2) is 0 Å². The summed E-state index contributed by atoms with van der Waals surface area (Å²) in [5.41, 5.74) is 1.07. The minimum atomic E-state index is -0.0678. The molecule has 0 unspecified atom stereocenters. The number of hydrogen-bond donors (Lipinski definition) is 0. The van der Waals surface area contributed by atoms with Crippen LogP contribution in [0.1, 0.15) is 12.5 Å². The summed E-state index contributed by atoms with van der Waals surface area (Å²) in [6, 6.07) is 3.75. The molecule has 88 valence electrons. The Morgan fingerprint density at radius 3 is 2.65 bits per heavy atom. The van der Waals surface area contributed by atoms with E-state index in [9.17, 15) is 4.79 Å². The van der Waals surface area contributed by atoms with Gasteiger partial charge in [0.05, 0.1) is 0 Å². The third-order valence-corrected chi connectivity index (χ3v) is 2.50. The van der Waals surface area contributed by atoms with Gasteiger partial charge in [-0.1, -0.05) is 0 Å². The van der Waals surface area contributed by atoms with Crippen molar-refractivity contribution in [2.75, 3.05) is 6.54 Å². The van der Waals surface area contributed by atoms with Gasteiger partial charge in [0.1, 0.15) is 6.33 Å². The molecule has 17 heavy (non-hydrogen) atoms. The maximum Gasteiger partial charge on any atom is 0.329 e. The van der Waals surface area contributed by atoms with Gasteiger partial charge in [0.25, 0.3) is 0 Å². The van der Waals surface area contributed by atoms with Crippen LogP contribution in [0.2, 0.25) is 0 Å². The van der Waals surface area contributed by atoms with Crippen molar-refractivity contribution in [1.82, 2.24) is 19.4 Å². The smallest absolute Gasteiger partial charge is 0.320 e. The average molecular weight is 230 g/mol. The molecule has 2 aromatic rings. The number of carbonyl (C=O) groups is 1. The second kappa shape index (κ2) is 5.25. The van der Waals surface area contributed by atoms with Crippen LogP contribution in [0.5, 0.6) is 0 Å². The Kier molecular flexibility index (Phi) is 3.49. The van der Waals surface area contributed by atoms with Crippen molar-refractivity contribution in [3.05, 3.63) is 48.8 Å². The highest BCUT2D eigenvalue weighted by Gasteiger charge is 2.13. The molecule has 5 nitrogen and oxygen atoms in total. The average Bonchev–Trinajstić information content (AvgIpc) is 2.90. The first-order valence-electron chi connectivity index (χ1n) is 5.47. The number of aromatic nitrogens is 3. The van der Waals surface area contributed by atoms with Gasteiger partial charge in [-0.05, 0) is 24.6 Å². The highest BCUT2D eigenvalue weighted by molar-refractivity contribution is 5.76. The van der Waals surface area contributed by atoms with Crippen LogP contribution < -0.4 is 0 Å². The Morgan fingerprint density at radius 2 is 2.06 bits per heavy atom. The first kappa shape index (κ1) is 11.3. The van der Waals surface area contributed by atoms with Gasteiger partial charge >= 0.3 is 6.03 Å². The van der Waals surface area contributed by atoms with E-state index in [1.54, 1.807) is 29.7 Å². The number of pyridine rings is 1. The Bertz CT molecular complexity index is 467. The third-order valence-electron chi connectivity index (χ3n) is 2.50. The summed E-state index contributed by atoms with van der Waals surface area (Å²) in [6.07, 6.45) is 8.21. The van der Waals surface area contributed by atoms with Crippen molar-refractivity contribution < 1.29 is 4.79 Å². The second-order valence-corrected chi connectivity index (χ2v) is 3.62. The van der Waals surface area contributed by atoms with E-state index in [4.69, 9.17) is 0 Å². The van der Waals surface area contributed by atoms with Crippen LogP contribution in [0.25, 0.3) is 0 Å². The number of hydrogen-bond acceptors (Lipinski definition) is 3. The van der Waals surface area contributed by atoms with E-state index in [1.807, 2.05) is 19.1 Å². The van der Waals surface area contributed by atoms with Crippen LogP contribution in [0.15, 0.2) is 43.2 Å². The maximum absolute atomic E-state index is 12.1. The molecule has 0 saturated heterocycles. The second-order valence-electron chi connectivity index (χ2n) is 3.62. The zero-order chi connectivity index (χ0) is 12.1. The van der Waals surface area contributed by atoms with Crippen LogP contribution in [0.3, 0.4) is 0 Å². The van der Waals surface area contributed by atoms with Gasteiger partial charge in [-0.3, -0.25) is 9.55 Å². The number of carbonyl (C=O) groups excluding carboxylic acids is 1. The first-order valence-corrected chi connectivity index (χ1v) is 5.47. The fourth-order valence-corrected chi connectivity index (χ4v) is 1.56. The SMILES string of the molecule is CCN(Cc1ccncc1)C(=O)n1ccnc1. The van der Waals surface area contributed by atoms with Gasteiger partial charge in [0, 0.05) is 37.9 Å². The van der Waals surface area contributed by atoms with Crippen molar-refractivity contribution >= 4 is 6.03 Å². The molecule has 2 aromatic heterocycles. The molecule has 0 aliphatic carbocycles. The summed E-state index contributed by atoms with van der Waals surface area (Å²) < 4.78 is 1.48. The minimum Gasteiger partial charge on any atom is -0.320 e. The molecule has 0 aliphatic rings. The molecule has 0 aliphatic heterocycles. The van der Waals surface area contributed by atoms with E-state index < -0.39 is 0 Å². The van der Waals surface area contributed by atoms with Crippen LogP contribution in [0, 0.1) is 0 Å². The van der Waals surface area contributed by atoms with Crippen molar-refractivity contribution in [2.24, 2.45) is 0 Å². The predicted octanol–water partition coefficient (Wildman–Crippen LogP) is 1.77. The van der Waals surface area contributed by atoms with Gasteiger partial charge < -0.3 is 4.90 Å². The topological polar surface area (TPSA) is 51.0 Å². The van der Waals surface area contributed by atoms with Gasteiger partial charge in [-0.2, -0.15) is 0 Å². The van der Waals surface area contributed by atoms with E-state index in [2.05, 4.69) is 9.97 Å². The van der Waals surface area contributed by atoms with Crippen LogP contribution in [-0.2, 0) is 6.54 Å². The highest BCUT2D eigenvalue weighted by atomic mass is 16.2. The predicted molar refractivity (Wildman–Crippen MR) is 63.3 cm³/mol. The lowest BCUT2D eigenvalue weighted by Crippen LogP contribution is -2.33. The first-order chi connectivity index (χ1) is 8.31. The molecular weight excluding hydrogens is 216 g/mol. The normalized spacial score (nSPS) is 10.2. The Balaban J connectivity index is 2.10. The largest absolute Gasteiger partial charge is 0.329 e. The molecule has 0 saturated carbocycles. The van der Waals surface area contributed by atoms with Gasteiger partial charge in [0.2, 0.25) is 0 Å². The monoisotopic (exact) mass is 230 g/mol. The fraction of sp³-hybridized carbons (Fsp3) is 0.250. The number of rotatable bonds is 3. The van der Waals surface area contributed by atoms with Gasteiger partial charge in [-0.15, -0.1) is 0 Å². The molecule has 1 amide bonds. The molecule has 0 N–H and O–H groups in total. The summed E-state index contributed by atoms with van der Waals surface area (Å²) in [5.74, 6) is 0. The van der Waals surface area contributed by atoms with E-state index in [1.165, 1.54) is 10.9 Å². The molecule has 0 aromatic carbocycles. The molecule has 0 atom stereocenters. The quantitative estimate of drug-likeness (QED) is 0.807. The minimum absolute atomic E-state index is 0.0678. The highest BCUT2D eigenvalue weighted by Crippen LogP contribution is 2.05. The standard InChI is InChI=1S/C12H14N4O/c1-2-15(9-11-3-5-13-6-4-11)12(17)16-8-7-14-10-16/h3-8,10H,2,9H2,1H3. The zero-order valence-electron chi connectivity index (χ0n) is 9.65. The fourth-order valence-electron chi connectivity index (χ4n) is 1.56. The third kappa shape index (κ3) is 2.69. The van der Waals surface area contributed by atoms with E-state index >= 15 is 0 Å². The van der Waals surface area contributed by atoms with Crippen molar-refractivity contribution in [2.45, 2.75) is 13.5 Å². The van der Waals surface area contributed by atoms with Crippen LogP contribution in [0.4, 0.5) is 4.79 Å². The molecule has 0 radical (unpaired) electrons. The van der Waals surface area contributed by atoms with Crippen LogP contribution >= 0.6 is 0 Å². The Hall–Kier alpha value is -2.17. The number of imidazole rings is 1. The molecular formula is C12H14N4O. The lowest BCUT2D eigenvalue weighted by atomic mass is 10.2. The summed E-state index contributed by atoms with van der Waals surface area (Å²) in [4.78, 5) is 21.6. The molecule has 5 heteroatoms. The van der Waals surface area contributed by atoms with Crippen molar-refractivity contribution in [3.63, 3.8) is 0 Å². The van der Waals surface area contributed by atoms with Crippen molar-refractivity contribution in [1.29, 1.82) is 0 Å².